The van der Waals surface area contributed by atoms with Crippen LogP contribution in [-0.4, -0.2) is 14.2 Å². The van der Waals surface area contributed by atoms with Crippen LogP contribution in [0.5, 0.6) is 0 Å². The predicted molar refractivity (Wildman–Crippen MR) is 135 cm³/mol. The van der Waals surface area contributed by atoms with Crippen molar-refractivity contribution in [1.82, 2.24) is 4.72 Å². The Bertz CT molecular complexity index is 1350. The molecule has 0 aliphatic rings. The summed E-state index contributed by atoms with van der Waals surface area (Å²) < 4.78 is 29.8. The molecule has 0 saturated heterocycles. The largest absolute Gasteiger partial charge is 0.293 e. The van der Waals surface area contributed by atoms with E-state index in [4.69, 9.17) is 0 Å². The van der Waals surface area contributed by atoms with Gasteiger partial charge in [0.1, 0.15) is 0 Å². The van der Waals surface area contributed by atoms with Gasteiger partial charge in [0.15, 0.2) is 5.78 Å². The molecule has 4 aromatic rings. The zero-order chi connectivity index (χ0) is 24.1. The predicted octanol–water partition coefficient (Wildman–Crippen LogP) is 5.99. The molecule has 0 aliphatic heterocycles. The van der Waals surface area contributed by atoms with E-state index in [-0.39, 0.29) is 10.7 Å². The molecule has 0 amide bonds. The molecule has 0 aromatic heterocycles. The van der Waals surface area contributed by atoms with Crippen LogP contribution in [-0.2, 0) is 10.0 Å². The summed E-state index contributed by atoms with van der Waals surface area (Å²) in [6, 6.07) is 31.9. The lowest BCUT2D eigenvalue weighted by Crippen LogP contribution is -2.36. The zero-order valence-electron chi connectivity index (χ0n) is 19.2. The lowest BCUT2D eigenvalue weighted by molar-refractivity contribution is 0.0944. The van der Waals surface area contributed by atoms with Crippen LogP contribution in [0, 0.1) is 13.8 Å². The summed E-state index contributed by atoms with van der Waals surface area (Å²) in [4.78, 5) is 14.0. The Morgan fingerprint density at radius 1 is 0.647 bits per heavy atom. The summed E-state index contributed by atoms with van der Waals surface area (Å²) in [5.41, 5.74) is 4.01. The molecule has 0 fully saturated rings. The van der Waals surface area contributed by atoms with Gasteiger partial charge in [-0.3, -0.25) is 4.79 Å². The number of aryl methyl sites for hydroxylation is 2. The van der Waals surface area contributed by atoms with Crippen molar-refractivity contribution in [1.29, 1.82) is 0 Å². The zero-order valence-corrected chi connectivity index (χ0v) is 20.0. The van der Waals surface area contributed by atoms with Crippen molar-refractivity contribution in [3.63, 3.8) is 0 Å². The Hall–Kier alpha value is -3.54. The van der Waals surface area contributed by atoms with Gasteiger partial charge in [0.2, 0.25) is 10.0 Å². The van der Waals surface area contributed by atoms with E-state index in [2.05, 4.69) is 4.72 Å². The SMILES string of the molecule is Cc1ccc([C@@H](NS(=O)(=O)c2ccc(C)cc2)[C@@H](C(=O)c2ccccc2)c2ccccc2)cc1. The third kappa shape index (κ3) is 5.33. The molecule has 34 heavy (non-hydrogen) atoms. The summed E-state index contributed by atoms with van der Waals surface area (Å²) >= 11 is 0. The van der Waals surface area contributed by atoms with Crippen LogP contribution >= 0.6 is 0 Å². The van der Waals surface area contributed by atoms with Crippen LogP contribution in [0.3, 0.4) is 0 Å². The summed E-state index contributed by atoms with van der Waals surface area (Å²) in [7, 11) is -3.91. The fraction of sp³-hybridized carbons (Fsp3) is 0.138. The van der Waals surface area contributed by atoms with Gasteiger partial charge in [-0.2, -0.15) is 0 Å². The van der Waals surface area contributed by atoms with Gasteiger partial charge < -0.3 is 0 Å². The topological polar surface area (TPSA) is 63.2 Å². The van der Waals surface area contributed by atoms with Crippen LogP contribution in [0.1, 0.15) is 44.6 Å². The minimum Gasteiger partial charge on any atom is -0.293 e. The van der Waals surface area contributed by atoms with Crippen LogP contribution in [0.25, 0.3) is 0 Å². The molecule has 4 nitrogen and oxygen atoms in total. The standard InChI is InChI=1S/C29H27NO3S/c1-21-13-17-24(18-14-21)28(30-34(32,33)26-19-15-22(2)16-20-26)27(23-9-5-3-6-10-23)29(31)25-11-7-4-8-12-25/h3-20,27-28,30H,1-2H3/t27-,28+/m0/s1. The maximum Gasteiger partial charge on any atom is 0.241 e. The Morgan fingerprint density at radius 3 is 1.71 bits per heavy atom. The number of carbonyl (C=O) groups excluding carboxylic acids is 1. The van der Waals surface area contributed by atoms with Crippen molar-refractivity contribution in [2.24, 2.45) is 0 Å². The van der Waals surface area contributed by atoms with E-state index in [9.17, 15) is 13.2 Å². The number of ketones is 1. The van der Waals surface area contributed by atoms with Crippen molar-refractivity contribution in [2.75, 3.05) is 0 Å². The van der Waals surface area contributed by atoms with Gasteiger partial charge in [0.05, 0.1) is 16.9 Å². The van der Waals surface area contributed by atoms with E-state index >= 15 is 0 Å². The second kappa shape index (κ2) is 10.2. The first-order valence-corrected chi connectivity index (χ1v) is 12.6. The molecule has 4 rings (SSSR count). The summed E-state index contributed by atoms with van der Waals surface area (Å²) in [5, 5.41) is 0. The highest BCUT2D eigenvalue weighted by molar-refractivity contribution is 7.89. The first-order valence-electron chi connectivity index (χ1n) is 11.1. The van der Waals surface area contributed by atoms with Crippen LogP contribution in [0.2, 0.25) is 0 Å². The maximum absolute atomic E-state index is 13.9. The number of hydrogen-bond donors (Lipinski definition) is 1. The summed E-state index contributed by atoms with van der Waals surface area (Å²) in [6.07, 6.45) is 0. The molecule has 4 aromatic carbocycles. The number of rotatable bonds is 8. The highest BCUT2D eigenvalue weighted by Gasteiger charge is 2.35. The van der Waals surface area contributed by atoms with E-state index in [0.29, 0.717) is 5.56 Å². The van der Waals surface area contributed by atoms with E-state index in [1.165, 1.54) is 0 Å². The van der Waals surface area contributed by atoms with Crippen molar-refractivity contribution < 1.29 is 13.2 Å². The minimum absolute atomic E-state index is 0.149. The van der Waals surface area contributed by atoms with Crippen LogP contribution in [0.15, 0.2) is 114 Å². The summed E-state index contributed by atoms with van der Waals surface area (Å²) in [5.74, 6) is -0.907. The number of hydrogen-bond acceptors (Lipinski definition) is 3. The third-order valence-corrected chi connectivity index (χ3v) is 7.34. The Labute approximate surface area is 201 Å². The van der Waals surface area contributed by atoms with Gasteiger partial charge in [-0.15, -0.1) is 0 Å². The second-order valence-electron chi connectivity index (χ2n) is 8.44. The summed E-state index contributed by atoms with van der Waals surface area (Å²) in [6.45, 7) is 3.88. The van der Waals surface area contributed by atoms with Crippen molar-refractivity contribution in [3.8, 4) is 0 Å². The van der Waals surface area contributed by atoms with E-state index in [1.807, 2.05) is 86.6 Å². The Morgan fingerprint density at radius 2 is 1.15 bits per heavy atom. The minimum atomic E-state index is -3.91. The lowest BCUT2D eigenvalue weighted by atomic mass is 9.82. The van der Waals surface area contributed by atoms with Gasteiger partial charge in [-0.25, -0.2) is 13.1 Å². The number of nitrogens with one attached hydrogen (secondary N) is 1. The molecule has 0 aliphatic carbocycles. The van der Waals surface area contributed by atoms with E-state index < -0.39 is 22.0 Å². The molecule has 5 heteroatoms. The number of Topliss-reactive ketones (excluding diaryl/α,β-unsaturated/α-hetero) is 1. The van der Waals surface area contributed by atoms with Gasteiger partial charge >= 0.3 is 0 Å². The third-order valence-electron chi connectivity index (χ3n) is 5.88. The molecular formula is C29H27NO3S. The van der Waals surface area contributed by atoms with Gasteiger partial charge in [-0.1, -0.05) is 108 Å². The molecule has 0 saturated carbocycles. The highest BCUT2D eigenvalue weighted by Crippen LogP contribution is 2.35. The maximum atomic E-state index is 13.9. The average Bonchev–Trinajstić information content (AvgIpc) is 2.85. The molecule has 172 valence electrons. The fourth-order valence-corrected chi connectivity index (χ4v) is 5.23. The molecule has 1 N–H and O–H groups in total. The number of sulfonamides is 1. The monoisotopic (exact) mass is 469 g/mol. The Balaban J connectivity index is 1.86. The van der Waals surface area contributed by atoms with Gasteiger partial charge in [0.25, 0.3) is 0 Å². The van der Waals surface area contributed by atoms with E-state index in [0.717, 1.165) is 22.3 Å². The van der Waals surface area contributed by atoms with Gasteiger partial charge in [0, 0.05) is 5.56 Å². The number of carbonyl (C=O) groups is 1. The van der Waals surface area contributed by atoms with Crippen molar-refractivity contribution >= 4 is 15.8 Å². The normalized spacial score (nSPS) is 13.2. The van der Waals surface area contributed by atoms with Crippen molar-refractivity contribution in [3.05, 3.63) is 137 Å². The van der Waals surface area contributed by atoms with Crippen LogP contribution in [0.4, 0.5) is 0 Å². The molecule has 0 bridgehead atoms. The average molecular weight is 470 g/mol. The Kier molecular flexibility index (Phi) is 7.06. The molecule has 0 radical (unpaired) electrons. The quantitative estimate of drug-likeness (QED) is 0.322. The molecule has 0 unspecified atom stereocenters. The van der Waals surface area contributed by atoms with Gasteiger partial charge in [-0.05, 0) is 37.1 Å². The first kappa shape index (κ1) is 23.6. The van der Waals surface area contributed by atoms with Crippen LogP contribution < -0.4 is 4.72 Å². The first-order chi connectivity index (χ1) is 16.3. The highest BCUT2D eigenvalue weighted by atomic mass is 32.2. The second-order valence-corrected chi connectivity index (χ2v) is 10.2. The van der Waals surface area contributed by atoms with E-state index in [1.54, 1.807) is 36.4 Å². The molecule has 2 atom stereocenters. The fourth-order valence-electron chi connectivity index (χ4n) is 3.99. The lowest BCUT2D eigenvalue weighted by Gasteiger charge is -2.28. The molecule has 0 heterocycles. The molecule has 0 spiro atoms. The smallest absolute Gasteiger partial charge is 0.241 e. The van der Waals surface area contributed by atoms with Crippen molar-refractivity contribution in [2.45, 2.75) is 30.7 Å². The molecular weight excluding hydrogens is 442 g/mol. The number of benzene rings is 4.